The highest BCUT2D eigenvalue weighted by molar-refractivity contribution is 6.30. The molecular formula is C20H18ClNO3. The molecule has 0 saturated carbocycles. The molecule has 0 saturated heterocycles. The largest absolute Gasteiger partial charge is 0.497 e. The lowest BCUT2D eigenvalue weighted by atomic mass is 10.1. The van der Waals surface area contributed by atoms with E-state index in [2.05, 4.69) is 4.57 Å². The maximum Gasteiger partial charge on any atom is 0.303 e. The molecule has 4 nitrogen and oxygen atoms in total. The van der Waals surface area contributed by atoms with Gasteiger partial charge in [-0.3, -0.25) is 4.79 Å². The van der Waals surface area contributed by atoms with Crippen LogP contribution in [0, 0.1) is 0 Å². The predicted molar refractivity (Wildman–Crippen MR) is 98.7 cm³/mol. The fraction of sp³-hybridized carbons (Fsp3) is 0.150. The number of aromatic nitrogens is 1. The Kier molecular flexibility index (Phi) is 5.10. The third kappa shape index (κ3) is 3.86. The Bertz CT molecular complexity index is 884. The molecule has 0 unspecified atom stereocenters. The van der Waals surface area contributed by atoms with E-state index in [9.17, 15) is 4.79 Å². The molecule has 3 rings (SSSR count). The summed E-state index contributed by atoms with van der Waals surface area (Å²) in [6.07, 6.45) is 0.522. The van der Waals surface area contributed by atoms with Gasteiger partial charge in [-0.2, -0.15) is 0 Å². The van der Waals surface area contributed by atoms with E-state index in [1.165, 1.54) is 0 Å². The van der Waals surface area contributed by atoms with Crippen molar-refractivity contribution in [2.45, 2.75) is 12.8 Å². The molecule has 0 aliphatic rings. The van der Waals surface area contributed by atoms with Crippen molar-refractivity contribution in [2.75, 3.05) is 7.11 Å². The highest BCUT2D eigenvalue weighted by Gasteiger charge is 2.13. The minimum absolute atomic E-state index is 0.0774. The number of ether oxygens (including phenoxy) is 1. The fourth-order valence-electron chi connectivity index (χ4n) is 2.81. The summed E-state index contributed by atoms with van der Waals surface area (Å²) >= 11 is 6.00. The van der Waals surface area contributed by atoms with Crippen molar-refractivity contribution in [1.29, 1.82) is 0 Å². The Balaban J connectivity index is 2.11. The van der Waals surface area contributed by atoms with Gasteiger partial charge in [-0.25, -0.2) is 0 Å². The Morgan fingerprint density at radius 1 is 1.12 bits per heavy atom. The molecule has 1 aromatic heterocycles. The van der Waals surface area contributed by atoms with Crippen LogP contribution in [0.25, 0.3) is 16.9 Å². The van der Waals surface area contributed by atoms with Gasteiger partial charge in [0.2, 0.25) is 0 Å². The maximum atomic E-state index is 11.0. The average molecular weight is 356 g/mol. The van der Waals surface area contributed by atoms with E-state index in [-0.39, 0.29) is 6.42 Å². The predicted octanol–water partition coefficient (Wildman–Crippen LogP) is 4.82. The molecule has 0 amide bonds. The van der Waals surface area contributed by atoms with Crippen LogP contribution in [-0.2, 0) is 11.2 Å². The molecule has 0 atom stereocenters. The number of rotatable bonds is 6. The molecule has 1 heterocycles. The quantitative estimate of drug-likeness (QED) is 0.689. The molecule has 1 N–H and O–H groups in total. The summed E-state index contributed by atoms with van der Waals surface area (Å²) in [4.78, 5) is 11.0. The molecule has 0 aliphatic heterocycles. The summed E-state index contributed by atoms with van der Waals surface area (Å²) in [7, 11) is 1.63. The summed E-state index contributed by atoms with van der Waals surface area (Å²) in [6.45, 7) is 0. The molecule has 0 radical (unpaired) electrons. The number of hydrogen-bond acceptors (Lipinski definition) is 2. The highest BCUT2D eigenvalue weighted by Crippen LogP contribution is 2.29. The fourth-order valence-corrected chi connectivity index (χ4v) is 2.94. The minimum Gasteiger partial charge on any atom is -0.497 e. The third-order valence-corrected chi connectivity index (χ3v) is 4.26. The molecule has 0 bridgehead atoms. The topological polar surface area (TPSA) is 51.5 Å². The van der Waals surface area contributed by atoms with E-state index in [1.54, 1.807) is 7.11 Å². The summed E-state index contributed by atoms with van der Waals surface area (Å²) in [5.41, 5.74) is 3.84. The smallest absolute Gasteiger partial charge is 0.303 e. The zero-order chi connectivity index (χ0) is 17.8. The first-order valence-corrected chi connectivity index (χ1v) is 8.29. The number of benzene rings is 2. The van der Waals surface area contributed by atoms with Crippen molar-refractivity contribution < 1.29 is 14.6 Å². The van der Waals surface area contributed by atoms with Crippen LogP contribution in [0.1, 0.15) is 12.1 Å². The van der Waals surface area contributed by atoms with Crippen LogP contribution < -0.4 is 4.74 Å². The Morgan fingerprint density at radius 2 is 1.88 bits per heavy atom. The van der Waals surface area contributed by atoms with Crippen molar-refractivity contribution in [3.63, 3.8) is 0 Å². The van der Waals surface area contributed by atoms with E-state index in [1.807, 2.05) is 60.7 Å². The molecule has 2 aromatic carbocycles. The Labute approximate surface area is 151 Å². The second kappa shape index (κ2) is 7.45. The van der Waals surface area contributed by atoms with Gasteiger partial charge in [0.15, 0.2) is 0 Å². The second-order valence-electron chi connectivity index (χ2n) is 5.65. The standard InChI is InChI=1S/C20H18ClNO3/c1-25-18-4-2-3-17(13-18)22-16(10-12-20(23)24)9-11-19(22)14-5-7-15(21)8-6-14/h2-9,11,13H,10,12H2,1H3,(H,23,24). The van der Waals surface area contributed by atoms with E-state index < -0.39 is 5.97 Å². The normalized spacial score (nSPS) is 10.6. The molecule has 25 heavy (non-hydrogen) atoms. The lowest BCUT2D eigenvalue weighted by molar-refractivity contribution is -0.136. The monoisotopic (exact) mass is 355 g/mol. The molecular weight excluding hydrogens is 338 g/mol. The van der Waals surface area contributed by atoms with Gasteiger partial charge in [0.1, 0.15) is 5.75 Å². The number of hydrogen-bond donors (Lipinski definition) is 1. The average Bonchev–Trinajstić information content (AvgIpc) is 3.04. The molecule has 0 aliphatic carbocycles. The number of carboxylic acids is 1. The third-order valence-electron chi connectivity index (χ3n) is 4.01. The van der Waals surface area contributed by atoms with Gasteiger partial charge >= 0.3 is 5.97 Å². The Morgan fingerprint density at radius 3 is 2.56 bits per heavy atom. The van der Waals surface area contributed by atoms with Gasteiger partial charge < -0.3 is 14.4 Å². The number of carboxylic acid groups (broad SMARTS) is 1. The van der Waals surface area contributed by atoms with Crippen molar-refractivity contribution in [1.82, 2.24) is 4.57 Å². The van der Waals surface area contributed by atoms with Gasteiger partial charge in [-0.15, -0.1) is 0 Å². The first-order valence-electron chi connectivity index (χ1n) is 7.91. The molecule has 128 valence electrons. The van der Waals surface area contributed by atoms with Gasteiger partial charge in [0.05, 0.1) is 19.2 Å². The number of methoxy groups -OCH3 is 1. The van der Waals surface area contributed by atoms with Crippen molar-refractivity contribution >= 4 is 17.6 Å². The van der Waals surface area contributed by atoms with Crippen LogP contribution in [0.15, 0.2) is 60.7 Å². The van der Waals surface area contributed by atoms with E-state index in [4.69, 9.17) is 21.4 Å². The molecule has 0 spiro atoms. The summed E-state index contributed by atoms with van der Waals surface area (Å²) in [6, 6.07) is 19.3. The summed E-state index contributed by atoms with van der Waals surface area (Å²) in [5, 5.41) is 9.70. The second-order valence-corrected chi connectivity index (χ2v) is 6.08. The van der Waals surface area contributed by atoms with Crippen LogP contribution in [0.4, 0.5) is 0 Å². The number of halogens is 1. The van der Waals surface area contributed by atoms with E-state index >= 15 is 0 Å². The van der Waals surface area contributed by atoms with Gasteiger partial charge in [0.25, 0.3) is 0 Å². The van der Waals surface area contributed by atoms with Crippen LogP contribution in [0.2, 0.25) is 5.02 Å². The first-order chi connectivity index (χ1) is 12.1. The van der Waals surface area contributed by atoms with E-state index in [0.29, 0.717) is 11.4 Å². The van der Waals surface area contributed by atoms with Crippen LogP contribution in [-0.4, -0.2) is 22.8 Å². The number of aryl methyl sites for hydroxylation is 1. The molecule has 3 aromatic rings. The minimum atomic E-state index is -0.813. The van der Waals surface area contributed by atoms with Crippen molar-refractivity contribution in [3.05, 3.63) is 71.4 Å². The first kappa shape index (κ1) is 17.1. The summed E-state index contributed by atoms with van der Waals surface area (Å²) < 4.78 is 7.39. The van der Waals surface area contributed by atoms with Crippen LogP contribution >= 0.6 is 11.6 Å². The highest BCUT2D eigenvalue weighted by atomic mass is 35.5. The molecule has 0 fully saturated rings. The zero-order valence-electron chi connectivity index (χ0n) is 13.8. The van der Waals surface area contributed by atoms with Crippen molar-refractivity contribution in [2.24, 2.45) is 0 Å². The van der Waals surface area contributed by atoms with Gasteiger partial charge in [-0.1, -0.05) is 29.8 Å². The lowest BCUT2D eigenvalue weighted by Crippen LogP contribution is -2.05. The van der Waals surface area contributed by atoms with Crippen molar-refractivity contribution in [3.8, 4) is 22.7 Å². The number of aliphatic carboxylic acids is 1. The zero-order valence-corrected chi connectivity index (χ0v) is 14.5. The molecule has 5 heteroatoms. The Hall–Kier alpha value is -2.72. The number of nitrogens with zero attached hydrogens (tertiary/aromatic N) is 1. The van der Waals surface area contributed by atoms with Gasteiger partial charge in [-0.05, 0) is 48.4 Å². The number of carbonyl (C=O) groups is 1. The SMILES string of the molecule is COc1cccc(-n2c(CCC(=O)O)ccc2-c2ccc(Cl)cc2)c1. The summed E-state index contributed by atoms with van der Waals surface area (Å²) in [5.74, 6) is -0.0659. The maximum absolute atomic E-state index is 11.0. The van der Waals surface area contributed by atoms with Gasteiger partial charge in [0, 0.05) is 22.5 Å². The van der Waals surface area contributed by atoms with Crippen LogP contribution in [0.5, 0.6) is 5.75 Å². The van der Waals surface area contributed by atoms with Crippen LogP contribution in [0.3, 0.4) is 0 Å². The lowest BCUT2D eigenvalue weighted by Gasteiger charge is -2.15. The van der Waals surface area contributed by atoms with E-state index in [0.717, 1.165) is 28.4 Å².